The number of aromatic carboxylic acids is 1. The average Bonchev–Trinajstić information content (AvgIpc) is 3.23. The van der Waals surface area contributed by atoms with E-state index in [0.29, 0.717) is 17.4 Å². The Kier molecular flexibility index (Phi) is 4.16. The number of rotatable bonds is 5. The topological polar surface area (TPSA) is 115 Å². The SMILES string of the molecule is O=C(O)c1csc(CNC(=O)c2ncoc2C2CCCO2)n1. The molecule has 0 spiro atoms. The lowest BCUT2D eigenvalue weighted by Gasteiger charge is -2.07. The number of carbonyl (C=O) groups is 2. The summed E-state index contributed by atoms with van der Waals surface area (Å²) in [7, 11) is 0. The Morgan fingerprint density at radius 1 is 1.50 bits per heavy atom. The van der Waals surface area contributed by atoms with Crippen molar-refractivity contribution in [3.8, 4) is 0 Å². The van der Waals surface area contributed by atoms with Crippen molar-refractivity contribution in [3.05, 3.63) is 33.9 Å². The molecule has 116 valence electrons. The van der Waals surface area contributed by atoms with Gasteiger partial charge in [-0.25, -0.2) is 14.8 Å². The molecular formula is C13H13N3O5S. The van der Waals surface area contributed by atoms with E-state index in [4.69, 9.17) is 14.3 Å². The molecule has 0 radical (unpaired) electrons. The average molecular weight is 323 g/mol. The van der Waals surface area contributed by atoms with E-state index in [9.17, 15) is 9.59 Å². The van der Waals surface area contributed by atoms with Gasteiger partial charge in [0.05, 0.1) is 6.54 Å². The highest BCUT2D eigenvalue weighted by Crippen LogP contribution is 2.30. The number of hydrogen-bond acceptors (Lipinski definition) is 7. The maximum absolute atomic E-state index is 12.2. The Bertz CT molecular complexity index is 689. The first kappa shape index (κ1) is 14.7. The van der Waals surface area contributed by atoms with Gasteiger partial charge in [-0.05, 0) is 12.8 Å². The second-order valence-corrected chi connectivity index (χ2v) is 5.62. The Balaban J connectivity index is 1.64. The molecule has 1 amide bonds. The van der Waals surface area contributed by atoms with Crippen LogP contribution in [0.1, 0.15) is 50.7 Å². The van der Waals surface area contributed by atoms with Gasteiger partial charge in [-0.15, -0.1) is 11.3 Å². The van der Waals surface area contributed by atoms with E-state index in [-0.39, 0.29) is 24.0 Å². The summed E-state index contributed by atoms with van der Waals surface area (Å²) in [6.07, 6.45) is 2.70. The fourth-order valence-electron chi connectivity index (χ4n) is 2.17. The molecule has 0 aliphatic carbocycles. The van der Waals surface area contributed by atoms with Crippen molar-refractivity contribution in [2.24, 2.45) is 0 Å². The van der Waals surface area contributed by atoms with Crippen molar-refractivity contribution in [3.63, 3.8) is 0 Å². The lowest BCUT2D eigenvalue weighted by Crippen LogP contribution is -2.24. The first-order valence-electron chi connectivity index (χ1n) is 6.66. The predicted molar refractivity (Wildman–Crippen MR) is 74.7 cm³/mol. The van der Waals surface area contributed by atoms with Gasteiger partial charge in [0.15, 0.2) is 23.5 Å². The number of ether oxygens (including phenoxy) is 1. The summed E-state index contributed by atoms with van der Waals surface area (Å²) in [5.41, 5.74) is 0.164. The highest BCUT2D eigenvalue weighted by molar-refractivity contribution is 7.09. The minimum Gasteiger partial charge on any atom is -0.476 e. The number of carboxylic acid groups (broad SMARTS) is 1. The largest absolute Gasteiger partial charge is 0.476 e. The molecule has 22 heavy (non-hydrogen) atoms. The molecule has 0 aromatic carbocycles. The van der Waals surface area contributed by atoms with Crippen LogP contribution in [0.5, 0.6) is 0 Å². The zero-order chi connectivity index (χ0) is 15.5. The van der Waals surface area contributed by atoms with Crippen LogP contribution in [0, 0.1) is 0 Å². The first-order valence-corrected chi connectivity index (χ1v) is 7.54. The smallest absolute Gasteiger partial charge is 0.355 e. The van der Waals surface area contributed by atoms with Gasteiger partial charge in [0.25, 0.3) is 5.91 Å². The van der Waals surface area contributed by atoms with E-state index in [1.807, 2.05) is 0 Å². The molecule has 0 bridgehead atoms. The number of carbonyl (C=O) groups excluding carboxylic acids is 1. The van der Waals surface area contributed by atoms with Crippen molar-refractivity contribution in [1.29, 1.82) is 0 Å². The third kappa shape index (κ3) is 3.00. The molecule has 1 unspecified atom stereocenters. The summed E-state index contributed by atoms with van der Waals surface area (Å²) in [4.78, 5) is 30.8. The number of amides is 1. The molecule has 2 aromatic heterocycles. The van der Waals surface area contributed by atoms with E-state index in [0.717, 1.165) is 12.8 Å². The number of carboxylic acids is 1. The predicted octanol–water partition coefficient (Wildman–Crippen LogP) is 1.61. The second-order valence-electron chi connectivity index (χ2n) is 4.68. The van der Waals surface area contributed by atoms with Gasteiger partial charge in [-0.1, -0.05) is 0 Å². The maximum atomic E-state index is 12.2. The number of aromatic nitrogens is 2. The van der Waals surface area contributed by atoms with Gasteiger partial charge in [0, 0.05) is 12.0 Å². The van der Waals surface area contributed by atoms with E-state index >= 15 is 0 Å². The van der Waals surface area contributed by atoms with Crippen molar-refractivity contribution in [2.45, 2.75) is 25.5 Å². The zero-order valence-electron chi connectivity index (χ0n) is 11.4. The highest BCUT2D eigenvalue weighted by atomic mass is 32.1. The number of nitrogens with zero attached hydrogens (tertiary/aromatic N) is 2. The van der Waals surface area contributed by atoms with Crippen LogP contribution in [0.25, 0.3) is 0 Å². The first-order chi connectivity index (χ1) is 10.6. The monoisotopic (exact) mass is 323 g/mol. The normalized spacial score (nSPS) is 17.5. The van der Waals surface area contributed by atoms with Gasteiger partial charge in [-0.3, -0.25) is 4.79 Å². The number of oxazole rings is 1. The number of thiazole rings is 1. The van der Waals surface area contributed by atoms with Crippen molar-refractivity contribution in [1.82, 2.24) is 15.3 Å². The molecule has 1 aliphatic rings. The van der Waals surface area contributed by atoms with Crippen LogP contribution in [0.15, 0.2) is 16.2 Å². The molecule has 3 rings (SSSR count). The van der Waals surface area contributed by atoms with Crippen LogP contribution in [0.4, 0.5) is 0 Å². The Morgan fingerprint density at radius 2 is 2.36 bits per heavy atom. The fraction of sp³-hybridized carbons (Fsp3) is 0.385. The summed E-state index contributed by atoms with van der Waals surface area (Å²) < 4.78 is 10.8. The minimum atomic E-state index is -1.09. The summed E-state index contributed by atoms with van der Waals surface area (Å²) >= 11 is 1.17. The van der Waals surface area contributed by atoms with Crippen molar-refractivity contribution < 1.29 is 23.8 Å². The molecule has 2 aromatic rings. The summed E-state index contributed by atoms with van der Waals surface area (Å²) in [6, 6.07) is 0. The van der Waals surface area contributed by atoms with E-state index in [1.165, 1.54) is 23.1 Å². The molecule has 9 heteroatoms. The molecule has 1 aliphatic heterocycles. The Labute approximate surface area is 129 Å². The van der Waals surface area contributed by atoms with Crippen molar-refractivity contribution >= 4 is 23.2 Å². The molecule has 1 fully saturated rings. The van der Waals surface area contributed by atoms with Gasteiger partial charge in [-0.2, -0.15) is 0 Å². The molecule has 1 atom stereocenters. The lowest BCUT2D eigenvalue weighted by atomic mass is 10.1. The minimum absolute atomic E-state index is 0.0317. The van der Waals surface area contributed by atoms with Crippen molar-refractivity contribution in [2.75, 3.05) is 6.61 Å². The standard InChI is InChI=1S/C13H13N3O5S/c17-12(14-4-9-16-7(5-22-9)13(18)19)10-11(21-6-15-10)8-2-1-3-20-8/h5-6,8H,1-4H2,(H,14,17)(H,18,19). The third-order valence-electron chi connectivity index (χ3n) is 3.20. The van der Waals surface area contributed by atoms with Gasteiger partial charge in [0.1, 0.15) is 11.1 Å². The Morgan fingerprint density at radius 3 is 3.05 bits per heavy atom. The van der Waals surface area contributed by atoms with Crippen LogP contribution < -0.4 is 5.32 Å². The van der Waals surface area contributed by atoms with Gasteiger partial charge in [0.2, 0.25) is 0 Å². The summed E-state index contributed by atoms with van der Waals surface area (Å²) in [6.45, 7) is 0.776. The molecule has 1 saturated heterocycles. The third-order valence-corrected chi connectivity index (χ3v) is 4.05. The molecule has 0 saturated carbocycles. The second kappa shape index (κ2) is 6.24. The van der Waals surface area contributed by atoms with Crippen LogP contribution in [-0.4, -0.2) is 33.6 Å². The van der Waals surface area contributed by atoms with E-state index in [2.05, 4.69) is 15.3 Å². The van der Waals surface area contributed by atoms with Gasteiger partial charge < -0.3 is 19.6 Å². The Hall–Kier alpha value is -2.26. The number of hydrogen-bond donors (Lipinski definition) is 2. The lowest BCUT2D eigenvalue weighted by molar-refractivity contribution is 0.0691. The number of nitrogens with one attached hydrogen (secondary N) is 1. The zero-order valence-corrected chi connectivity index (χ0v) is 12.3. The summed E-state index contributed by atoms with van der Waals surface area (Å²) in [5.74, 6) is -1.06. The molecular weight excluding hydrogens is 310 g/mol. The van der Waals surface area contributed by atoms with Crippen LogP contribution in [0.2, 0.25) is 0 Å². The molecule has 8 nitrogen and oxygen atoms in total. The van der Waals surface area contributed by atoms with E-state index in [1.54, 1.807) is 0 Å². The molecule has 3 heterocycles. The van der Waals surface area contributed by atoms with Gasteiger partial charge >= 0.3 is 5.97 Å². The highest BCUT2D eigenvalue weighted by Gasteiger charge is 2.27. The summed E-state index contributed by atoms with van der Waals surface area (Å²) in [5, 5.41) is 13.4. The van der Waals surface area contributed by atoms with Crippen LogP contribution in [-0.2, 0) is 11.3 Å². The maximum Gasteiger partial charge on any atom is 0.355 e. The quantitative estimate of drug-likeness (QED) is 0.859. The van der Waals surface area contributed by atoms with E-state index < -0.39 is 11.9 Å². The fourth-order valence-corrected chi connectivity index (χ4v) is 2.88. The van der Waals surface area contributed by atoms with Crippen LogP contribution >= 0.6 is 11.3 Å². The molecule has 2 N–H and O–H groups in total. The van der Waals surface area contributed by atoms with Crippen LogP contribution in [0.3, 0.4) is 0 Å².